The van der Waals surface area contributed by atoms with Crippen LogP contribution >= 0.6 is 0 Å². The Labute approximate surface area is 184 Å². The lowest BCUT2D eigenvalue weighted by Crippen LogP contribution is -2.26. The number of hydrogen-bond donors (Lipinski definition) is 3. The van der Waals surface area contributed by atoms with E-state index in [-0.39, 0.29) is 11.7 Å². The van der Waals surface area contributed by atoms with Crippen LogP contribution in [0.15, 0.2) is 72.8 Å². The highest BCUT2D eigenvalue weighted by Crippen LogP contribution is 2.31. The zero-order valence-electron chi connectivity index (χ0n) is 17.5. The molecular weight excluding hydrogens is 403 g/mol. The number of hydrogen-bond acceptors (Lipinski definition) is 2. The Morgan fingerprint density at radius 3 is 2.56 bits per heavy atom. The molecule has 0 saturated heterocycles. The van der Waals surface area contributed by atoms with Gasteiger partial charge in [0.25, 0.3) is 0 Å². The summed E-state index contributed by atoms with van der Waals surface area (Å²) in [6.07, 6.45) is 1.47. The fourth-order valence-corrected chi connectivity index (χ4v) is 4.10. The van der Waals surface area contributed by atoms with Crippen molar-refractivity contribution >= 4 is 27.8 Å². The van der Waals surface area contributed by atoms with E-state index in [9.17, 15) is 9.18 Å². The van der Waals surface area contributed by atoms with Crippen molar-refractivity contribution < 1.29 is 9.18 Å². The quantitative estimate of drug-likeness (QED) is 0.337. The lowest BCUT2D eigenvalue weighted by Gasteiger charge is -2.07. The van der Waals surface area contributed by atoms with Gasteiger partial charge in [-0.15, -0.1) is 0 Å². The Morgan fingerprint density at radius 2 is 1.72 bits per heavy atom. The Kier molecular flexibility index (Phi) is 5.42. The average molecular weight is 426 g/mol. The maximum absolute atomic E-state index is 13.9. The molecule has 0 fully saturated rings. The van der Waals surface area contributed by atoms with Crippen LogP contribution < -0.4 is 5.32 Å². The van der Waals surface area contributed by atoms with Gasteiger partial charge in [-0.05, 0) is 47.9 Å². The second-order valence-corrected chi connectivity index (χ2v) is 7.84. The van der Waals surface area contributed by atoms with Gasteiger partial charge in [0, 0.05) is 36.0 Å². The molecule has 5 aromatic rings. The molecular formula is C26H23FN4O. The van der Waals surface area contributed by atoms with Crippen LogP contribution in [0.5, 0.6) is 0 Å². The fourth-order valence-electron chi connectivity index (χ4n) is 4.10. The van der Waals surface area contributed by atoms with Crippen molar-refractivity contribution in [1.82, 2.24) is 20.3 Å². The third-order valence-electron chi connectivity index (χ3n) is 5.66. The SMILES string of the molecule is O=C(CCc1c(-c2ccccc2)[nH]c2ccc(F)cc12)NCCc1nc2ccccc2[nH]1. The number of aryl methyl sites for hydroxylation is 1. The number of fused-ring (bicyclic) bond motifs is 2. The first-order valence-corrected chi connectivity index (χ1v) is 10.7. The van der Waals surface area contributed by atoms with Crippen molar-refractivity contribution in [1.29, 1.82) is 0 Å². The summed E-state index contributed by atoms with van der Waals surface area (Å²) in [6.45, 7) is 0.507. The molecule has 0 radical (unpaired) electrons. The molecule has 3 N–H and O–H groups in total. The number of nitrogens with zero attached hydrogens (tertiary/aromatic N) is 1. The number of aromatic amines is 2. The zero-order chi connectivity index (χ0) is 21.9. The number of nitrogens with one attached hydrogen (secondary N) is 3. The molecule has 0 atom stereocenters. The number of H-pyrrole nitrogens is 2. The van der Waals surface area contributed by atoms with Crippen molar-refractivity contribution in [2.24, 2.45) is 0 Å². The largest absolute Gasteiger partial charge is 0.356 e. The van der Waals surface area contributed by atoms with Crippen LogP contribution in [0.25, 0.3) is 33.2 Å². The first-order chi connectivity index (χ1) is 15.7. The van der Waals surface area contributed by atoms with Crippen molar-refractivity contribution in [3.8, 4) is 11.3 Å². The average Bonchev–Trinajstić information content (AvgIpc) is 3.39. The number of carbonyl (C=O) groups excluding carboxylic acids is 1. The second kappa shape index (κ2) is 8.67. The van der Waals surface area contributed by atoms with E-state index < -0.39 is 0 Å². The molecule has 1 amide bonds. The van der Waals surface area contributed by atoms with Crippen LogP contribution in [0.2, 0.25) is 0 Å². The molecule has 2 heterocycles. The summed E-state index contributed by atoms with van der Waals surface area (Å²) in [5.74, 6) is 0.531. The molecule has 0 aliphatic carbocycles. The van der Waals surface area contributed by atoms with E-state index in [0.29, 0.717) is 25.8 Å². The first kappa shape index (κ1) is 20.0. The van der Waals surface area contributed by atoms with Crippen LogP contribution in [-0.2, 0) is 17.6 Å². The predicted molar refractivity (Wildman–Crippen MR) is 125 cm³/mol. The smallest absolute Gasteiger partial charge is 0.220 e. The number of halogens is 1. The summed E-state index contributed by atoms with van der Waals surface area (Å²) >= 11 is 0. The highest BCUT2D eigenvalue weighted by molar-refractivity contribution is 5.91. The number of carbonyl (C=O) groups is 1. The van der Waals surface area contributed by atoms with E-state index in [2.05, 4.69) is 20.3 Å². The molecule has 160 valence electrons. The first-order valence-electron chi connectivity index (χ1n) is 10.7. The van der Waals surface area contributed by atoms with E-state index in [1.165, 1.54) is 12.1 Å². The number of amides is 1. The standard InChI is InChI=1S/C26H23FN4O/c27-18-10-12-21-20(16-18)19(26(31-21)17-6-2-1-3-7-17)11-13-25(32)28-15-14-24-29-22-8-4-5-9-23(22)30-24/h1-10,12,16,31H,11,13-15H2,(H,28,32)(H,29,30). The van der Waals surface area contributed by atoms with Gasteiger partial charge in [0.1, 0.15) is 11.6 Å². The summed E-state index contributed by atoms with van der Waals surface area (Å²) in [5, 5.41) is 3.79. The third kappa shape index (κ3) is 4.12. The van der Waals surface area contributed by atoms with Gasteiger partial charge in [-0.1, -0.05) is 42.5 Å². The molecule has 0 aliphatic rings. The van der Waals surface area contributed by atoms with Crippen LogP contribution in [0.4, 0.5) is 4.39 Å². The summed E-state index contributed by atoms with van der Waals surface area (Å²) in [4.78, 5) is 23.7. The maximum atomic E-state index is 13.9. The van der Waals surface area contributed by atoms with Gasteiger partial charge in [-0.3, -0.25) is 4.79 Å². The Bertz CT molecular complexity index is 1350. The lowest BCUT2D eigenvalue weighted by molar-refractivity contribution is -0.121. The monoisotopic (exact) mass is 426 g/mol. The molecule has 0 spiro atoms. The minimum Gasteiger partial charge on any atom is -0.356 e. The van der Waals surface area contributed by atoms with Crippen LogP contribution in [-0.4, -0.2) is 27.4 Å². The van der Waals surface area contributed by atoms with Gasteiger partial charge in [0.05, 0.1) is 11.0 Å². The van der Waals surface area contributed by atoms with E-state index in [4.69, 9.17) is 0 Å². The Morgan fingerprint density at radius 1 is 0.906 bits per heavy atom. The number of aromatic nitrogens is 3. The molecule has 0 saturated carbocycles. The minimum atomic E-state index is -0.285. The van der Waals surface area contributed by atoms with Gasteiger partial charge in [0.2, 0.25) is 5.91 Å². The molecule has 32 heavy (non-hydrogen) atoms. The summed E-state index contributed by atoms with van der Waals surface area (Å²) < 4.78 is 13.9. The second-order valence-electron chi connectivity index (χ2n) is 7.84. The Balaban J connectivity index is 1.27. The highest BCUT2D eigenvalue weighted by Gasteiger charge is 2.15. The van der Waals surface area contributed by atoms with Gasteiger partial charge < -0.3 is 15.3 Å². The number of rotatable bonds is 7. The van der Waals surface area contributed by atoms with Crippen molar-refractivity contribution in [3.63, 3.8) is 0 Å². The van der Waals surface area contributed by atoms with Crippen LogP contribution in [0.1, 0.15) is 17.8 Å². The molecule has 3 aromatic carbocycles. The third-order valence-corrected chi connectivity index (χ3v) is 5.66. The molecule has 0 bridgehead atoms. The number of benzene rings is 3. The number of para-hydroxylation sites is 2. The van der Waals surface area contributed by atoms with Crippen molar-refractivity contribution in [2.45, 2.75) is 19.3 Å². The van der Waals surface area contributed by atoms with E-state index in [1.54, 1.807) is 6.07 Å². The van der Waals surface area contributed by atoms with E-state index >= 15 is 0 Å². The van der Waals surface area contributed by atoms with Crippen LogP contribution in [0.3, 0.4) is 0 Å². The van der Waals surface area contributed by atoms with E-state index in [1.807, 2.05) is 54.6 Å². The Hall–Kier alpha value is -3.93. The molecule has 6 heteroatoms. The van der Waals surface area contributed by atoms with Crippen molar-refractivity contribution in [3.05, 3.63) is 90.0 Å². The molecule has 5 rings (SSSR count). The van der Waals surface area contributed by atoms with Gasteiger partial charge in [-0.25, -0.2) is 9.37 Å². The highest BCUT2D eigenvalue weighted by atomic mass is 19.1. The van der Waals surface area contributed by atoms with Crippen molar-refractivity contribution in [2.75, 3.05) is 6.54 Å². The normalized spacial score (nSPS) is 11.3. The summed E-state index contributed by atoms with van der Waals surface area (Å²) in [5.41, 5.74) is 5.69. The topological polar surface area (TPSA) is 73.6 Å². The number of imidazole rings is 1. The fraction of sp³-hybridized carbons (Fsp3) is 0.154. The van der Waals surface area contributed by atoms with Gasteiger partial charge in [-0.2, -0.15) is 0 Å². The maximum Gasteiger partial charge on any atom is 0.220 e. The summed E-state index contributed by atoms with van der Waals surface area (Å²) in [6, 6.07) is 22.5. The molecule has 2 aromatic heterocycles. The summed E-state index contributed by atoms with van der Waals surface area (Å²) in [7, 11) is 0. The molecule has 0 unspecified atom stereocenters. The molecule has 0 aliphatic heterocycles. The van der Waals surface area contributed by atoms with Crippen LogP contribution in [0, 0.1) is 5.82 Å². The zero-order valence-corrected chi connectivity index (χ0v) is 17.5. The molecule has 5 nitrogen and oxygen atoms in total. The van der Waals surface area contributed by atoms with Gasteiger partial charge >= 0.3 is 0 Å². The predicted octanol–water partition coefficient (Wildman–Crippen LogP) is 5.14. The minimum absolute atomic E-state index is 0.0362. The van der Waals surface area contributed by atoms with Gasteiger partial charge in [0.15, 0.2) is 0 Å². The van der Waals surface area contributed by atoms with E-state index in [0.717, 1.165) is 44.6 Å². The lowest BCUT2D eigenvalue weighted by atomic mass is 10.0.